The minimum Gasteiger partial charge on any atom is -0.339 e. The zero-order chi connectivity index (χ0) is 23.9. The number of rotatable bonds is 8. The van der Waals surface area contributed by atoms with E-state index in [1.54, 1.807) is 0 Å². The second-order valence-corrected chi connectivity index (χ2v) is 10.3. The monoisotopic (exact) mass is 496 g/mol. The van der Waals surface area contributed by atoms with Crippen LogP contribution in [0.3, 0.4) is 0 Å². The minimum absolute atomic E-state index is 0.0241. The van der Waals surface area contributed by atoms with E-state index in [2.05, 4.69) is 25.7 Å². The van der Waals surface area contributed by atoms with Crippen LogP contribution >= 0.6 is 23.1 Å². The molecule has 4 rings (SSSR count). The van der Waals surface area contributed by atoms with E-state index in [0.717, 1.165) is 26.8 Å². The van der Waals surface area contributed by atoms with Gasteiger partial charge in [-0.1, -0.05) is 59.5 Å². The molecular formula is C24H28N6O2S2. The fourth-order valence-electron chi connectivity index (χ4n) is 3.73. The van der Waals surface area contributed by atoms with Gasteiger partial charge in [0.25, 0.3) is 0 Å². The Morgan fingerprint density at radius 2 is 1.68 bits per heavy atom. The van der Waals surface area contributed by atoms with E-state index >= 15 is 0 Å². The van der Waals surface area contributed by atoms with Gasteiger partial charge in [-0.3, -0.25) is 14.5 Å². The average Bonchev–Trinajstić information content (AvgIpc) is 3.28. The molecule has 1 saturated heterocycles. The normalized spacial score (nSPS) is 14.1. The summed E-state index contributed by atoms with van der Waals surface area (Å²) >= 11 is 2.84. The largest absolute Gasteiger partial charge is 0.339 e. The number of anilines is 3. The third-order valence-electron chi connectivity index (χ3n) is 5.59. The summed E-state index contributed by atoms with van der Waals surface area (Å²) in [6.07, 6.45) is 0. The number of nitrogens with zero attached hydrogens (tertiary/aromatic N) is 4. The molecule has 8 nitrogen and oxygen atoms in total. The summed E-state index contributed by atoms with van der Waals surface area (Å²) in [6.45, 7) is 6.91. The van der Waals surface area contributed by atoms with Crippen LogP contribution in [0.2, 0.25) is 0 Å². The van der Waals surface area contributed by atoms with Crippen molar-refractivity contribution in [2.75, 3.05) is 49.1 Å². The number of piperazine rings is 1. The molecule has 1 aromatic heterocycles. The third-order valence-corrected chi connectivity index (χ3v) is 7.55. The highest BCUT2D eigenvalue weighted by Gasteiger charge is 2.23. The Bertz CT molecular complexity index is 1110. The predicted octanol–water partition coefficient (Wildman–Crippen LogP) is 3.77. The maximum absolute atomic E-state index is 12.7. The van der Waals surface area contributed by atoms with Gasteiger partial charge in [-0.2, -0.15) is 0 Å². The molecule has 1 fully saturated rings. The number of carbonyl (C=O) groups is 2. The maximum atomic E-state index is 12.7. The van der Waals surface area contributed by atoms with Gasteiger partial charge in [-0.15, -0.1) is 10.2 Å². The first-order valence-electron chi connectivity index (χ1n) is 11.1. The molecule has 0 bridgehead atoms. The molecule has 2 heterocycles. The van der Waals surface area contributed by atoms with Crippen LogP contribution in [0.15, 0.2) is 52.9 Å². The number of hydrogen-bond donors (Lipinski definition) is 2. The molecule has 2 aromatic carbocycles. The molecule has 2 N–H and O–H groups in total. The molecule has 34 heavy (non-hydrogen) atoms. The van der Waals surface area contributed by atoms with Crippen molar-refractivity contribution in [2.24, 2.45) is 0 Å². The second-order valence-electron chi connectivity index (χ2n) is 8.12. The highest BCUT2D eigenvalue weighted by Crippen LogP contribution is 2.28. The Balaban J connectivity index is 1.18. The first-order valence-corrected chi connectivity index (χ1v) is 12.9. The minimum atomic E-state index is -0.0241. The van der Waals surface area contributed by atoms with Crippen LogP contribution in [-0.4, -0.2) is 70.3 Å². The third kappa shape index (κ3) is 6.55. The summed E-state index contributed by atoms with van der Waals surface area (Å²) in [6, 6.07) is 15.8. The van der Waals surface area contributed by atoms with Gasteiger partial charge in [-0.25, -0.2) is 0 Å². The van der Waals surface area contributed by atoms with Crippen LogP contribution < -0.4 is 10.6 Å². The fraction of sp³-hybridized carbons (Fsp3) is 0.333. The number of carbonyl (C=O) groups excluding carboxylic acids is 2. The molecule has 1 aliphatic rings. The van der Waals surface area contributed by atoms with Gasteiger partial charge in [0.2, 0.25) is 16.9 Å². The van der Waals surface area contributed by atoms with Gasteiger partial charge in [0, 0.05) is 37.6 Å². The molecule has 0 radical (unpaired) electrons. The SMILES string of the molecule is Cc1cccc(C)c1NC(=O)CN1CCN(C(=O)CSc2nnc(Nc3ccccc3)s2)CC1. The molecule has 0 saturated carbocycles. The highest BCUT2D eigenvalue weighted by molar-refractivity contribution is 8.01. The van der Waals surface area contributed by atoms with Crippen LogP contribution in [-0.2, 0) is 9.59 Å². The molecule has 178 valence electrons. The smallest absolute Gasteiger partial charge is 0.238 e. The van der Waals surface area contributed by atoms with Crippen molar-refractivity contribution in [2.45, 2.75) is 18.2 Å². The van der Waals surface area contributed by atoms with Crippen molar-refractivity contribution < 1.29 is 9.59 Å². The van der Waals surface area contributed by atoms with Crippen molar-refractivity contribution in [1.29, 1.82) is 0 Å². The fourth-order valence-corrected chi connectivity index (χ4v) is 5.40. The lowest BCUT2D eigenvalue weighted by Crippen LogP contribution is -2.50. The Hall–Kier alpha value is -2.95. The predicted molar refractivity (Wildman–Crippen MR) is 138 cm³/mol. The van der Waals surface area contributed by atoms with Crippen LogP contribution in [0.5, 0.6) is 0 Å². The highest BCUT2D eigenvalue weighted by atomic mass is 32.2. The number of aromatic nitrogens is 2. The van der Waals surface area contributed by atoms with Gasteiger partial charge in [0.1, 0.15) is 0 Å². The van der Waals surface area contributed by atoms with E-state index in [0.29, 0.717) is 43.6 Å². The van der Waals surface area contributed by atoms with Crippen LogP contribution in [0.4, 0.5) is 16.5 Å². The number of para-hydroxylation sites is 2. The Morgan fingerprint density at radius 1 is 0.971 bits per heavy atom. The Labute approximate surface area is 207 Å². The molecule has 3 aromatic rings. The van der Waals surface area contributed by atoms with Crippen molar-refractivity contribution in [3.05, 3.63) is 59.7 Å². The summed E-state index contributed by atoms with van der Waals surface area (Å²) in [5, 5.41) is 15.3. The van der Waals surface area contributed by atoms with Crippen LogP contribution in [0.25, 0.3) is 0 Å². The van der Waals surface area contributed by atoms with E-state index in [1.165, 1.54) is 23.1 Å². The van der Waals surface area contributed by atoms with Gasteiger partial charge in [-0.05, 0) is 37.1 Å². The Kier molecular flexibility index (Phi) is 8.15. The van der Waals surface area contributed by atoms with E-state index in [9.17, 15) is 9.59 Å². The van der Waals surface area contributed by atoms with Crippen molar-refractivity contribution >= 4 is 51.4 Å². The molecule has 10 heteroatoms. The van der Waals surface area contributed by atoms with Gasteiger partial charge >= 0.3 is 0 Å². The maximum Gasteiger partial charge on any atom is 0.238 e. The van der Waals surface area contributed by atoms with Crippen molar-refractivity contribution in [1.82, 2.24) is 20.0 Å². The molecular weight excluding hydrogens is 468 g/mol. The van der Waals surface area contributed by atoms with Gasteiger partial charge in [0.05, 0.1) is 12.3 Å². The average molecular weight is 497 g/mol. The summed E-state index contributed by atoms with van der Waals surface area (Å²) < 4.78 is 0.758. The second kappa shape index (κ2) is 11.5. The first-order chi connectivity index (χ1) is 16.5. The number of thioether (sulfide) groups is 1. The molecule has 0 aliphatic carbocycles. The van der Waals surface area contributed by atoms with Gasteiger partial charge < -0.3 is 15.5 Å². The lowest BCUT2D eigenvalue weighted by atomic mass is 10.1. The molecule has 1 aliphatic heterocycles. The van der Waals surface area contributed by atoms with Crippen LogP contribution in [0.1, 0.15) is 11.1 Å². The van der Waals surface area contributed by atoms with E-state index in [-0.39, 0.29) is 11.8 Å². The van der Waals surface area contributed by atoms with E-state index in [4.69, 9.17) is 0 Å². The topological polar surface area (TPSA) is 90.5 Å². The van der Waals surface area contributed by atoms with E-state index < -0.39 is 0 Å². The Morgan fingerprint density at radius 3 is 2.38 bits per heavy atom. The first kappa shape index (κ1) is 24.2. The number of benzene rings is 2. The zero-order valence-corrected chi connectivity index (χ0v) is 20.9. The number of hydrogen-bond acceptors (Lipinski definition) is 8. The summed E-state index contributed by atoms with van der Waals surface area (Å²) in [4.78, 5) is 29.1. The summed E-state index contributed by atoms with van der Waals surface area (Å²) in [5.41, 5.74) is 3.95. The molecule has 2 amide bonds. The molecule has 0 atom stereocenters. The summed E-state index contributed by atoms with van der Waals surface area (Å²) in [5.74, 6) is 0.383. The van der Waals surface area contributed by atoms with Gasteiger partial charge in [0.15, 0.2) is 4.34 Å². The lowest BCUT2D eigenvalue weighted by Gasteiger charge is -2.34. The standard InChI is InChI=1S/C24H28N6O2S2/c1-17-7-6-8-18(2)22(17)26-20(31)15-29-11-13-30(14-12-29)21(32)16-33-24-28-27-23(34-24)25-19-9-4-3-5-10-19/h3-10H,11-16H2,1-2H3,(H,25,27)(H,26,31). The number of nitrogens with one attached hydrogen (secondary N) is 2. The van der Waals surface area contributed by atoms with Crippen LogP contribution in [0, 0.1) is 13.8 Å². The molecule has 0 spiro atoms. The quantitative estimate of drug-likeness (QED) is 0.459. The van der Waals surface area contributed by atoms with E-state index in [1.807, 2.05) is 67.3 Å². The number of amides is 2. The lowest BCUT2D eigenvalue weighted by molar-refractivity contribution is -0.130. The summed E-state index contributed by atoms with van der Waals surface area (Å²) in [7, 11) is 0. The number of aryl methyl sites for hydroxylation is 2. The molecule has 0 unspecified atom stereocenters. The zero-order valence-electron chi connectivity index (χ0n) is 19.3. The van der Waals surface area contributed by atoms with Crippen molar-refractivity contribution in [3.8, 4) is 0 Å². The van der Waals surface area contributed by atoms with Crippen molar-refractivity contribution in [3.63, 3.8) is 0 Å².